The number of alkyl halides is 3. The molecule has 0 saturated carbocycles. The highest BCUT2D eigenvalue weighted by Crippen LogP contribution is 2.29. The van der Waals surface area contributed by atoms with E-state index in [4.69, 9.17) is 0 Å². The van der Waals surface area contributed by atoms with Gasteiger partial charge in [0.2, 0.25) is 0 Å². The SMILES string of the molecule is FC(F)(F)c1ccc(/C=C\I)cc1. The van der Waals surface area contributed by atoms with Crippen molar-refractivity contribution in [2.24, 2.45) is 0 Å². The molecule has 0 unspecified atom stereocenters. The number of rotatable bonds is 1. The topological polar surface area (TPSA) is 0 Å². The van der Waals surface area contributed by atoms with Crippen molar-refractivity contribution in [1.82, 2.24) is 0 Å². The molecule has 0 fully saturated rings. The molecule has 4 heteroatoms. The zero-order valence-corrected chi connectivity index (χ0v) is 8.63. The maximum atomic E-state index is 12.1. The van der Waals surface area contributed by atoms with Gasteiger partial charge < -0.3 is 0 Å². The second-order valence-corrected chi connectivity index (χ2v) is 3.13. The van der Waals surface area contributed by atoms with Crippen molar-refractivity contribution >= 4 is 28.7 Å². The molecule has 0 aromatic heterocycles. The number of benzene rings is 1. The smallest absolute Gasteiger partial charge is 0.166 e. The van der Waals surface area contributed by atoms with Crippen LogP contribution in [0.4, 0.5) is 13.2 Å². The second kappa shape index (κ2) is 4.13. The summed E-state index contributed by atoms with van der Waals surface area (Å²) >= 11 is 2.01. The third-order valence-electron chi connectivity index (χ3n) is 1.49. The second-order valence-electron chi connectivity index (χ2n) is 2.41. The Kier molecular flexibility index (Phi) is 3.35. The van der Waals surface area contributed by atoms with E-state index in [9.17, 15) is 13.2 Å². The summed E-state index contributed by atoms with van der Waals surface area (Å²) in [5.74, 6) is 0. The van der Waals surface area contributed by atoms with Crippen LogP contribution in [0.2, 0.25) is 0 Å². The van der Waals surface area contributed by atoms with Crippen molar-refractivity contribution in [3.05, 3.63) is 39.5 Å². The molecule has 1 aromatic carbocycles. The molecule has 0 aliphatic heterocycles. The first-order valence-electron chi connectivity index (χ1n) is 3.48. The summed E-state index contributed by atoms with van der Waals surface area (Å²) in [4.78, 5) is 0. The Balaban J connectivity index is 2.94. The van der Waals surface area contributed by atoms with Crippen LogP contribution >= 0.6 is 22.6 Å². The van der Waals surface area contributed by atoms with Crippen LogP contribution < -0.4 is 0 Å². The van der Waals surface area contributed by atoms with Gasteiger partial charge in [-0.25, -0.2) is 0 Å². The molecule has 1 aromatic rings. The lowest BCUT2D eigenvalue weighted by atomic mass is 10.1. The van der Waals surface area contributed by atoms with E-state index in [-0.39, 0.29) is 0 Å². The third-order valence-corrected chi connectivity index (χ3v) is 1.85. The Hall–Kier alpha value is -0.520. The molecule has 0 aliphatic rings. The van der Waals surface area contributed by atoms with Crippen LogP contribution in [0.5, 0.6) is 0 Å². The van der Waals surface area contributed by atoms with Crippen LogP contribution in [-0.4, -0.2) is 0 Å². The normalized spacial score (nSPS) is 12.3. The summed E-state index contributed by atoms with van der Waals surface area (Å²) in [5, 5.41) is 0. The van der Waals surface area contributed by atoms with Crippen molar-refractivity contribution in [3.8, 4) is 0 Å². The zero-order valence-electron chi connectivity index (χ0n) is 6.48. The van der Waals surface area contributed by atoms with Crippen LogP contribution in [0.25, 0.3) is 6.08 Å². The Labute approximate surface area is 87.6 Å². The third kappa shape index (κ3) is 3.02. The summed E-state index contributed by atoms with van der Waals surface area (Å²) in [6.07, 6.45) is -2.51. The van der Waals surface area contributed by atoms with Crippen molar-refractivity contribution in [1.29, 1.82) is 0 Å². The van der Waals surface area contributed by atoms with E-state index < -0.39 is 11.7 Å². The molecule has 0 N–H and O–H groups in total. The van der Waals surface area contributed by atoms with Crippen LogP contribution in [0.3, 0.4) is 0 Å². The molecule has 0 saturated heterocycles. The minimum atomic E-state index is -4.24. The van der Waals surface area contributed by atoms with E-state index >= 15 is 0 Å². The molecule has 0 heterocycles. The lowest BCUT2D eigenvalue weighted by Crippen LogP contribution is -2.03. The summed E-state index contributed by atoms with van der Waals surface area (Å²) in [5.41, 5.74) is 0.153. The van der Waals surface area contributed by atoms with Gasteiger partial charge in [-0.05, 0) is 27.9 Å². The minimum absolute atomic E-state index is 0.613. The predicted octanol–water partition coefficient (Wildman–Crippen LogP) is 4.11. The van der Waals surface area contributed by atoms with Gasteiger partial charge in [0.1, 0.15) is 0 Å². The van der Waals surface area contributed by atoms with Crippen LogP contribution in [0.15, 0.2) is 28.3 Å². The highest BCUT2D eigenvalue weighted by Gasteiger charge is 2.29. The van der Waals surface area contributed by atoms with E-state index in [2.05, 4.69) is 0 Å². The first-order chi connectivity index (χ1) is 6.04. The van der Waals surface area contributed by atoms with Crippen LogP contribution in [0, 0.1) is 0 Å². The Morgan fingerprint density at radius 1 is 1.08 bits per heavy atom. The summed E-state index contributed by atoms with van der Waals surface area (Å²) in [6.45, 7) is 0. The van der Waals surface area contributed by atoms with Crippen LogP contribution in [0.1, 0.15) is 11.1 Å². The lowest BCUT2D eigenvalue weighted by Gasteiger charge is -2.05. The van der Waals surface area contributed by atoms with Crippen molar-refractivity contribution in [2.45, 2.75) is 6.18 Å². The minimum Gasteiger partial charge on any atom is -0.166 e. The van der Waals surface area contributed by atoms with Crippen LogP contribution in [-0.2, 0) is 6.18 Å². The predicted molar refractivity (Wildman–Crippen MR) is 54.5 cm³/mol. The van der Waals surface area contributed by atoms with Gasteiger partial charge in [-0.3, -0.25) is 0 Å². The van der Waals surface area contributed by atoms with Gasteiger partial charge in [0.25, 0.3) is 0 Å². The first kappa shape index (κ1) is 10.6. The van der Waals surface area contributed by atoms with E-state index in [1.165, 1.54) is 12.1 Å². The number of hydrogen-bond donors (Lipinski definition) is 0. The fourth-order valence-corrected chi connectivity index (χ4v) is 1.27. The van der Waals surface area contributed by atoms with Gasteiger partial charge in [-0.15, -0.1) is 0 Å². The van der Waals surface area contributed by atoms with E-state index in [0.29, 0.717) is 0 Å². The van der Waals surface area contributed by atoms with Crippen molar-refractivity contribution in [2.75, 3.05) is 0 Å². The van der Waals surface area contributed by atoms with Crippen molar-refractivity contribution in [3.63, 3.8) is 0 Å². The number of halogens is 4. The Morgan fingerprint density at radius 3 is 2.00 bits per heavy atom. The summed E-state index contributed by atoms with van der Waals surface area (Å²) < 4.78 is 38.0. The highest BCUT2D eigenvalue weighted by molar-refractivity contribution is 14.1. The van der Waals surface area contributed by atoms with E-state index in [0.717, 1.165) is 17.7 Å². The molecular weight excluding hydrogens is 292 g/mol. The fourth-order valence-electron chi connectivity index (χ4n) is 0.856. The quantitative estimate of drug-likeness (QED) is 0.684. The molecule has 0 radical (unpaired) electrons. The lowest BCUT2D eigenvalue weighted by molar-refractivity contribution is -0.137. The molecule has 0 bridgehead atoms. The molecule has 0 nitrogen and oxygen atoms in total. The average molecular weight is 298 g/mol. The summed E-state index contributed by atoms with van der Waals surface area (Å²) in [7, 11) is 0. The molecule has 13 heavy (non-hydrogen) atoms. The molecule has 0 amide bonds. The standard InChI is InChI=1S/C9H6F3I/c10-9(11,12)8-3-1-7(2-4-8)5-6-13/h1-6H/b6-5-. The van der Waals surface area contributed by atoms with Gasteiger partial charge in [0.05, 0.1) is 5.56 Å². The average Bonchev–Trinajstić information content (AvgIpc) is 2.04. The van der Waals surface area contributed by atoms with Gasteiger partial charge in [-0.2, -0.15) is 13.2 Å². The van der Waals surface area contributed by atoms with Gasteiger partial charge in [0, 0.05) is 0 Å². The maximum Gasteiger partial charge on any atom is 0.416 e. The number of hydrogen-bond acceptors (Lipinski definition) is 0. The zero-order chi connectivity index (χ0) is 9.90. The highest BCUT2D eigenvalue weighted by atomic mass is 127. The first-order valence-corrected chi connectivity index (χ1v) is 4.72. The van der Waals surface area contributed by atoms with E-state index in [1.807, 2.05) is 22.6 Å². The Bertz CT molecular complexity index is 298. The molecule has 70 valence electrons. The molecule has 0 spiro atoms. The molecule has 0 aliphatic carbocycles. The van der Waals surface area contributed by atoms with E-state index in [1.54, 1.807) is 10.2 Å². The van der Waals surface area contributed by atoms with Crippen molar-refractivity contribution < 1.29 is 13.2 Å². The van der Waals surface area contributed by atoms with Gasteiger partial charge in [-0.1, -0.05) is 34.7 Å². The monoisotopic (exact) mass is 298 g/mol. The summed E-state index contributed by atoms with van der Waals surface area (Å²) in [6, 6.07) is 5.04. The molecule has 0 atom stereocenters. The molecule has 1 rings (SSSR count). The molecular formula is C9H6F3I. The van der Waals surface area contributed by atoms with Gasteiger partial charge in [0.15, 0.2) is 0 Å². The largest absolute Gasteiger partial charge is 0.416 e. The fraction of sp³-hybridized carbons (Fsp3) is 0.111. The van der Waals surface area contributed by atoms with Gasteiger partial charge >= 0.3 is 6.18 Å². The Morgan fingerprint density at radius 2 is 1.62 bits per heavy atom. The maximum absolute atomic E-state index is 12.1.